The smallest absolute Gasteiger partial charge is 0.222 e. The van der Waals surface area contributed by atoms with E-state index in [2.05, 4.69) is 41.2 Å². The van der Waals surface area contributed by atoms with Crippen LogP contribution in [0.3, 0.4) is 0 Å². The Morgan fingerprint density at radius 1 is 1.19 bits per heavy atom. The minimum atomic E-state index is -0.258. The highest BCUT2D eigenvalue weighted by Crippen LogP contribution is 2.28. The van der Waals surface area contributed by atoms with Gasteiger partial charge in [0.25, 0.3) is 0 Å². The number of aromatic amines is 1. The van der Waals surface area contributed by atoms with Gasteiger partial charge in [-0.25, -0.2) is 9.37 Å². The number of H-pyrrole nitrogens is 1. The second kappa shape index (κ2) is 7.51. The predicted octanol–water partition coefficient (Wildman–Crippen LogP) is 4.35. The average Bonchev–Trinajstić information content (AvgIpc) is 3.10. The van der Waals surface area contributed by atoms with Crippen LogP contribution in [-0.4, -0.2) is 33.9 Å². The molecule has 1 amide bonds. The first-order valence-electron chi connectivity index (χ1n) is 9.57. The van der Waals surface area contributed by atoms with Gasteiger partial charge in [0, 0.05) is 25.4 Å². The van der Waals surface area contributed by atoms with Crippen LogP contribution in [0.5, 0.6) is 0 Å². The van der Waals surface area contributed by atoms with Gasteiger partial charge in [-0.05, 0) is 49.9 Å². The van der Waals surface area contributed by atoms with Gasteiger partial charge in [0.1, 0.15) is 11.6 Å². The number of nitrogens with zero attached hydrogens (tertiary/aromatic N) is 2. The molecule has 0 radical (unpaired) electrons. The van der Waals surface area contributed by atoms with Gasteiger partial charge in [-0.2, -0.15) is 0 Å². The van der Waals surface area contributed by atoms with Crippen molar-refractivity contribution in [2.45, 2.75) is 38.5 Å². The number of carbonyl (C=O) groups excluding carboxylic acids is 1. The zero-order chi connectivity index (χ0) is 18.8. The number of benzene rings is 2. The van der Waals surface area contributed by atoms with Crippen LogP contribution in [0.15, 0.2) is 42.5 Å². The van der Waals surface area contributed by atoms with E-state index in [1.54, 1.807) is 6.07 Å². The van der Waals surface area contributed by atoms with Crippen molar-refractivity contribution in [2.75, 3.05) is 13.1 Å². The van der Waals surface area contributed by atoms with Crippen molar-refractivity contribution < 1.29 is 9.18 Å². The molecule has 1 saturated heterocycles. The predicted molar refractivity (Wildman–Crippen MR) is 104 cm³/mol. The fourth-order valence-electron chi connectivity index (χ4n) is 3.76. The molecular weight excluding hydrogens is 341 g/mol. The molecule has 0 atom stereocenters. The van der Waals surface area contributed by atoms with Gasteiger partial charge in [0.05, 0.1) is 11.0 Å². The molecule has 1 fully saturated rings. The number of imidazole rings is 1. The van der Waals surface area contributed by atoms with E-state index in [4.69, 9.17) is 0 Å². The Hall–Kier alpha value is -2.69. The van der Waals surface area contributed by atoms with E-state index in [0.717, 1.165) is 49.2 Å². The summed E-state index contributed by atoms with van der Waals surface area (Å²) in [4.78, 5) is 22.3. The third-order valence-corrected chi connectivity index (χ3v) is 5.44. The molecule has 0 aliphatic carbocycles. The van der Waals surface area contributed by atoms with Crippen molar-refractivity contribution in [1.82, 2.24) is 14.9 Å². The Morgan fingerprint density at radius 2 is 1.93 bits per heavy atom. The van der Waals surface area contributed by atoms with Crippen LogP contribution in [0, 0.1) is 12.7 Å². The summed E-state index contributed by atoms with van der Waals surface area (Å²) in [5.41, 5.74) is 3.98. The summed E-state index contributed by atoms with van der Waals surface area (Å²) in [5.74, 6) is 1.16. The summed E-state index contributed by atoms with van der Waals surface area (Å²) in [6.45, 7) is 3.57. The van der Waals surface area contributed by atoms with E-state index in [1.807, 2.05) is 4.90 Å². The summed E-state index contributed by atoms with van der Waals surface area (Å²) < 4.78 is 13.4. The first kappa shape index (κ1) is 17.7. The molecule has 1 N–H and O–H groups in total. The van der Waals surface area contributed by atoms with Crippen LogP contribution in [0.4, 0.5) is 4.39 Å². The molecule has 4 nitrogen and oxygen atoms in total. The largest absolute Gasteiger partial charge is 0.343 e. The van der Waals surface area contributed by atoms with Crippen LogP contribution in [0.25, 0.3) is 11.0 Å². The third-order valence-electron chi connectivity index (χ3n) is 5.44. The third kappa shape index (κ3) is 4.02. The molecule has 0 spiro atoms. The standard InChI is InChI=1S/C22H24FN3O/c1-15-2-4-16(5-3-15)6-9-21(27)26-12-10-17(11-13-26)22-24-19-8-7-18(23)14-20(19)25-22/h2-5,7-8,14,17H,6,9-13H2,1H3,(H,24,25). The Bertz CT molecular complexity index is 940. The minimum absolute atomic E-state index is 0.223. The fraction of sp³-hybridized carbons (Fsp3) is 0.364. The van der Waals surface area contributed by atoms with E-state index in [-0.39, 0.29) is 11.7 Å². The van der Waals surface area contributed by atoms with Crippen molar-refractivity contribution in [3.63, 3.8) is 0 Å². The number of aryl methyl sites for hydroxylation is 2. The number of halogens is 1. The lowest BCUT2D eigenvalue weighted by Gasteiger charge is -2.31. The lowest BCUT2D eigenvalue weighted by molar-refractivity contribution is -0.132. The first-order chi connectivity index (χ1) is 13.1. The quantitative estimate of drug-likeness (QED) is 0.747. The van der Waals surface area contributed by atoms with Crippen LogP contribution >= 0.6 is 0 Å². The molecule has 2 heterocycles. The molecule has 3 aromatic rings. The fourth-order valence-corrected chi connectivity index (χ4v) is 3.76. The molecule has 27 heavy (non-hydrogen) atoms. The first-order valence-corrected chi connectivity index (χ1v) is 9.57. The minimum Gasteiger partial charge on any atom is -0.343 e. The lowest BCUT2D eigenvalue weighted by Crippen LogP contribution is -2.38. The van der Waals surface area contributed by atoms with E-state index < -0.39 is 0 Å². The number of amides is 1. The summed E-state index contributed by atoms with van der Waals surface area (Å²) in [5, 5.41) is 0. The number of hydrogen-bond acceptors (Lipinski definition) is 2. The second-order valence-electron chi connectivity index (χ2n) is 7.42. The highest BCUT2D eigenvalue weighted by Gasteiger charge is 2.25. The van der Waals surface area contributed by atoms with Crippen molar-refractivity contribution >= 4 is 16.9 Å². The van der Waals surface area contributed by atoms with Crippen LogP contribution in [-0.2, 0) is 11.2 Å². The van der Waals surface area contributed by atoms with E-state index in [1.165, 1.54) is 23.3 Å². The van der Waals surface area contributed by atoms with Crippen molar-refractivity contribution in [3.05, 3.63) is 65.2 Å². The Kier molecular flexibility index (Phi) is 4.92. The highest BCUT2D eigenvalue weighted by atomic mass is 19.1. The molecule has 5 heteroatoms. The van der Waals surface area contributed by atoms with Gasteiger partial charge in [-0.15, -0.1) is 0 Å². The SMILES string of the molecule is Cc1ccc(CCC(=O)N2CCC(c3nc4ccc(F)cc4[nH]3)CC2)cc1. The van der Waals surface area contributed by atoms with Crippen LogP contribution in [0.1, 0.15) is 42.1 Å². The molecule has 4 rings (SSSR count). The van der Waals surface area contributed by atoms with Crippen molar-refractivity contribution in [3.8, 4) is 0 Å². The Morgan fingerprint density at radius 3 is 2.67 bits per heavy atom. The lowest BCUT2D eigenvalue weighted by atomic mass is 9.95. The van der Waals surface area contributed by atoms with Gasteiger partial charge in [0.2, 0.25) is 5.91 Å². The molecule has 0 saturated carbocycles. The highest BCUT2D eigenvalue weighted by molar-refractivity contribution is 5.77. The van der Waals surface area contributed by atoms with E-state index >= 15 is 0 Å². The number of hydrogen-bond donors (Lipinski definition) is 1. The molecule has 140 valence electrons. The zero-order valence-corrected chi connectivity index (χ0v) is 15.5. The van der Waals surface area contributed by atoms with Gasteiger partial charge in [-0.1, -0.05) is 29.8 Å². The van der Waals surface area contributed by atoms with Crippen LogP contribution < -0.4 is 0 Å². The molecular formula is C22H24FN3O. The number of rotatable bonds is 4. The Labute approximate surface area is 158 Å². The van der Waals surface area contributed by atoms with Gasteiger partial charge >= 0.3 is 0 Å². The number of carbonyl (C=O) groups is 1. The van der Waals surface area contributed by atoms with Gasteiger partial charge < -0.3 is 9.88 Å². The maximum Gasteiger partial charge on any atom is 0.222 e. The molecule has 1 aliphatic heterocycles. The normalized spacial score (nSPS) is 15.4. The molecule has 1 aromatic heterocycles. The Balaban J connectivity index is 1.32. The number of piperidine rings is 1. The van der Waals surface area contributed by atoms with E-state index in [0.29, 0.717) is 12.3 Å². The number of likely N-dealkylation sites (tertiary alicyclic amines) is 1. The maximum absolute atomic E-state index is 13.4. The summed E-state index contributed by atoms with van der Waals surface area (Å²) in [7, 11) is 0. The summed E-state index contributed by atoms with van der Waals surface area (Å²) in [6, 6.07) is 13.0. The molecule has 2 aromatic carbocycles. The molecule has 1 aliphatic rings. The number of fused-ring (bicyclic) bond motifs is 1. The zero-order valence-electron chi connectivity index (χ0n) is 15.5. The number of nitrogens with one attached hydrogen (secondary N) is 1. The van der Waals surface area contributed by atoms with E-state index in [9.17, 15) is 9.18 Å². The molecule has 0 unspecified atom stereocenters. The van der Waals surface area contributed by atoms with Crippen LogP contribution in [0.2, 0.25) is 0 Å². The summed E-state index contributed by atoms with van der Waals surface area (Å²) >= 11 is 0. The topological polar surface area (TPSA) is 49.0 Å². The average molecular weight is 365 g/mol. The monoisotopic (exact) mass is 365 g/mol. The van der Waals surface area contributed by atoms with Gasteiger partial charge in [0.15, 0.2) is 0 Å². The second-order valence-corrected chi connectivity index (χ2v) is 7.42. The van der Waals surface area contributed by atoms with Crippen molar-refractivity contribution in [1.29, 1.82) is 0 Å². The van der Waals surface area contributed by atoms with Crippen molar-refractivity contribution in [2.24, 2.45) is 0 Å². The maximum atomic E-state index is 13.4. The van der Waals surface area contributed by atoms with Gasteiger partial charge in [-0.3, -0.25) is 4.79 Å². The summed E-state index contributed by atoms with van der Waals surface area (Å²) in [6.07, 6.45) is 3.11. The number of aromatic nitrogens is 2. The molecule has 0 bridgehead atoms.